The molecular formula is C13H22O4Si. The monoisotopic (exact) mass is 270 g/mol. The molecule has 4 nitrogen and oxygen atoms in total. The molecule has 0 amide bonds. The van der Waals surface area contributed by atoms with Gasteiger partial charge in [0.25, 0.3) is 0 Å². The van der Waals surface area contributed by atoms with Crippen LogP contribution >= 0.6 is 0 Å². The highest BCUT2D eigenvalue weighted by Crippen LogP contribution is 2.36. The molecule has 102 valence electrons. The first-order chi connectivity index (χ1) is 8.12. The van der Waals surface area contributed by atoms with E-state index in [9.17, 15) is 9.90 Å². The molecule has 0 aliphatic carbocycles. The maximum Gasteiger partial charge on any atom is 0.339 e. The van der Waals surface area contributed by atoms with Gasteiger partial charge in [-0.1, -0.05) is 20.8 Å². The fourth-order valence-corrected chi connectivity index (χ4v) is 2.31. The zero-order valence-corrected chi connectivity index (χ0v) is 12.7. The second kappa shape index (κ2) is 5.28. The molecule has 0 aliphatic heterocycles. The van der Waals surface area contributed by atoms with Gasteiger partial charge in [-0.2, -0.15) is 0 Å². The number of hydrogen-bond acceptors (Lipinski definition) is 4. The van der Waals surface area contributed by atoms with Crippen LogP contribution < -0.4 is 5.63 Å². The Kier molecular flexibility index (Phi) is 4.40. The van der Waals surface area contributed by atoms with E-state index in [1.165, 1.54) is 6.07 Å². The summed E-state index contributed by atoms with van der Waals surface area (Å²) in [6.07, 6.45) is 0.496. The maximum atomic E-state index is 11.1. The molecule has 1 aromatic rings. The summed E-state index contributed by atoms with van der Waals surface area (Å²) < 4.78 is 11.0. The summed E-state index contributed by atoms with van der Waals surface area (Å²) in [7, 11) is -1.77. The van der Waals surface area contributed by atoms with Crippen LogP contribution in [0, 0.1) is 0 Å². The predicted molar refractivity (Wildman–Crippen MR) is 73.5 cm³/mol. The van der Waals surface area contributed by atoms with Crippen LogP contribution in [0.15, 0.2) is 21.3 Å². The van der Waals surface area contributed by atoms with E-state index in [4.69, 9.17) is 8.84 Å². The van der Waals surface area contributed by atoms with E-state index in [0.29, 0.717) is 18.8 Å². The first-order valence-electron chi connectivity index (χ1n) is 6.09. The molecule has 0 spiro atoms. The van der Waals surface area contributed by atoms with Crippen LogP contribution in [0.4, 0.5) is 0 Å². The number of rotatable bonds is 4. The van der Waals surface area contributed by atoms with E-state index in [1.807, 2.05) is 0 Å². The molecule has 0 atom stereocenters. The van der Waals surface area contributed by atoms with E-state index < -0.39 is 13.9 Å². The van der Waals surface area contributed by atoms with Crippen molar-refractivity contribution in [3.63, 3.8) is 0 Å². The molecule has 1 rings (SSSR count). The molecule has 0 saturated carbocycles. The van der Waals surface area contributed by atoms with Gasteiger partial charge in [0.1, 0.15) is 11.5 Å². The van der Waals surface area contributed by atoms with E-state index >= 15 is 0 Å². The SMILES string of the molecule is CC(C)(C)[Si](C)(C)OCCc1cc(O)cc(=O)o1. The molecule has 1 heterocycles. The van der Waals surface area contributed by atoms with Crippen molar-refractivity contribution in [2.45, 2.75) is 45.3 Å². The van der Waals surface area contributed by atoms with Gasteiger partial charge in [0, 0.05) is 19.1 Å². The lowest BCUT2D eigenvalue weighted by Gasteiger charge is -2.36. The molecule has 1 aromatic heterocycles. The Morgan fingerprint density at radius 1 is 1.33 bits per heavy atom. The average molecular weight is 270 g/mol. The minimum atomic E-state index is -1.77. The van der Waals surface area contributed by atoms with Crippen LogP contribution in [-0.4, -0.2) is 20.0 Å². The van der Waals surface area contributed by atoms with Crippen molar-refractivity contribution in [2.24, 2.45) is 0 Å². The van der Waals surface area contributed by atoms with E-state index in [1.54, 1.807) is 0 Å². The number of aromatic hydroxyl groups is 1. The Hall–Kier alpha value is -1.07. The van der Waals surface area contributed by atoms with Gasteiger partial charge in [0.05, 0.1) is 6.07 Å². The second-order valence-electron chi connectivity index (χ2n) is 5.96. The normalized spacial score (nSPS) is 12.7. The lowest BCUT2D eigenvalue weighted by Crippen LogP contribution is -2.41. The molecule has 0 unspecified atom stereocenters. The first kappa shape index (κ1) is 15.0. The van der Waals surface area contributed by atoms with Crippen LogP contribution in [0.1, 0.15) is 26.5 Å². The number of hydrogen-bond donors (Lipinski definition) is 1. The van der Waals surface area contributed by atoms with Crippen LogP contribution in [0.25, 0.3) is 0 Å². The Labute approximate surface area is 109 Å². The topological polar surface area (TPSA) is 59.7 Å². The van der Waals surface area contributed by atoms with Crippen molar-refractivity contribution in [3.05, 3.63) is 28.3 Å². The average Bonchev–Trinajstić information content (AvgIpc) is 2.13. The highest BCUT2D eigenvalue weighted by molar-refractivity contribution is 6.74. The molecule has 1 N–H and O–H groups in total. The molecule has 0 aliphatic rings. The molecule has 0 bridgehead atoms. The third-order valence-corrected chi connectivity index (χ3v) is 7.96. The smallest absolute Gasteiger partial charge is 0.339 e. The molecule has 5 heteroatoms. The Morgan fingerprint density at radius 2 is 1.94 bits per heavy atom. The lowest BCUT2D eigenvalue weighted by molar-refractivity contribution is 0.278. The van der Waals surface area contributed by atoms with Crippen LogP contribution in [0.2, 0.25) is 18.1 Å². The standard InChI is InChI=1S/C13H22O4Si/c1-13(2,3)18(4,5)16-7-6-11-8-10(14)9-12(15)17-11/h8-9,14H,6-7H2,1-5H3. The molecule has 0 saturated heterocycles. The summed E-state index contributed by atoms with van der Waals surface area (Å²) in [4.78, 5) is 11.1. The summed E-state index contributed by atoms with van der Waals surface area (Å²) in [5.41, 5.74) is -0.530. The van der Waals surface area contributed by atoms with Gasteiger partial charge in [-0.3, -0.25) is 0 Å². The van der Waals surface area contributed by atoms with Gasteiger partial charge in [-0.05, 0) is 18.1 Å². The van der Waals surface area contributed by atoms with Crippen molar-refractivity contribution >= 4 is 8.32 Å². The summed E-state index contributed by atoms with van der Waals surface area (Å²) in [5, 5.41) is 9.45. The van der Waals surface area contributed by atoms with Crippen molar-refractivity contribution in [1.82, 2.24) is 0 Å². The van der Waals surface area contributed by atoms with Crippen molar-refractivity contribution in [3.8, 4) is 5.75 Å². The summed E-state index contributed by atoms with van der Waals surface area (Å²) in [6.45, 7) is 11.4. The molecule has 0 radical (unpaired) electrons. The van der Waals surface area contributed by atoms with E-state index in [-0.39, 0.29) is 10.8 Å². The lowest BCUT2D eigenvalue weighted by atomic mass is 10.2. The zero-order chi connectivity index (χ0) is 14.0. The van der Waals surface area contributed by atoms with Gasteiger partial charge in [-0.15, -0.1) is 0 Å². The molecular weight excluding hydrogens is 248 g/mol. The van der Waals surface area contributed by atoms with Gasteiger partial charge < -0.3 is 13.9 Å². The second-order valence-corrected chi connectivity index (χ2v) is 10.8. The third kappa shape index (κ3) is 3.99. The van der Waals surface area contributed by atoms with E-state index in [0.717, 1.165) is 6.07 Å². The van der Waals surface area contributed by atoms with Crippen molar-refractivity contribution < 1.29 is 13.9 Å². The summed E-state index contributed by atoms with van der Waals surface area (Å²) in [6, 6.07) is 2.51. The summed E-state index contributed by atoms with van der Waals surface area (Å²) in [5.74, 6) is 0.396. The van der Waals surface area contributed by atoms with Crippen molar-refractivity contribution in [1.29, 1.82) is 0 Å². The van der Waals surface area contributed by atoms with Crippen LogP contribution in [0.3, 0.4) is 0 Å². The molecule has 0 fully saturated rings. The van der Waals surface area contributed by atoms with Gasteiger partial charge in [0.2, 0.25) is 0 Å². The fraction of sp³-hybridized carbons (Fsp3) is 0.615. The minimum Gasteiger partial charge on any atom is -0.508 e. The van der Waals surface area contributed by atoms with Crippen LogP contribution in [-0.2, 0) is 10.8 Å². The minimum absolute atomic E-state index is 0.0615. The third-order valence-electron chi connectivity index (χ3n) is 3.42. The van der Waals surface area contributed by atoms with Gasteiger partial charge >= 0.3 is 5.63 Å². The largest absolute Gasteiger partial charge is 0.508 e. The highest BCUT2D eigenvalue weighted by Gasteiger charge is 2.36. The Balaban J connectivity index is 2.59. The maximum absolute atomic E-state index is 11.1. The predicted octanol–water partition coefficient (Wildman–Crippen LogP) is 2.91. The van der Waals surface area contributed by atoms with Crippen LogP contribution in [0.5, 0.6) is 5.75 Å². The zero-order valence-electron chi connectivity index (χ0n) is 11.7. The van der Waals surface area contributed by atoms with Gasteiger partial charge in [0.15, 0.2) is 8.32 Å². The van der Waals surface area contributed by atoms with E-state index in [2.05, 4.69) is 33.9 Å². The highest BCUT2D eigenvalue weighted by atomic mass is 28.4. The molecule has 0 aromatic carbocycles. The Bertz CT molecular complexity index is 457. The van der Waals surface area contributed by atoms with Crippen molar-refractivity contribution in [2.75, 3.05) is 6.61 Å². The summed E-state index contributed by atoms with van der Waals surface area (Å²) >= 11 is 0. The first-order valence-corrected chi connectivity index (χ1v) is 9.00. The molecule has 18 heavy (non-hydrogen) atoms. The van der Waals surface area contributed by atoms with Gasteiger partial charge in [-0.25, -0.2) is 4.79 Å². The fourth-order valence-electron chi connectivity index (χ4n) is 1.26. The Morgan fingerprint density at radius 3 is 2.44 bits per heavy atom. The quantitative estimate of drug-likeness (QED) is 0.855.